The Balaban J connectivity index is 1.74. The largest absolute Gasteiger partial charge is 0.295 e. The van der Waals surface area contributed by atoms with E-state index < -0.39 is 0 Å². The van der Waals surface area contributed by atoms with Gasteiger partial charge >= 0.3 is 0 Å². The summed E-state index contributed by atoms with van der Waals surface area (Å²) in [7, 11) is 0. The molecule has 0 bridgehead atoms. The number of aryl methyl sites for hydroxylation is 1. The van der Waals surface area contributed by atoms with Crippen LogP contribution in [0.25, 0.3) is 5.69 Å². The van der Waals surface area contributed by atoms with Crippen molar-refractivity contribution in [3.8, 4) is 5.69 Å². The molecule has 1 aromatic carbocycles. The predicted molar refractivity (Wildman–Crippen MR) is 104 cm³/mol. The number of nitrogens with zero attached hydrogens (tertiary/aromatic N) is 5. The van der Waals surface area contributed by atoms with Crippen LogP contribution in [0.5, 0.6) is 0 Å². The Labute approximate surface area is 160 Å². The van der Waals surface area contributed by atoms with Gasteiger partial charge in [-0.3, -0.25) is 10.1 Å². The highest BCUT2D eigenvalue weighted by atomic mass is 32.2. The molecule has 0 radical (unpaired) electrons. The molecule has 0 saturated carbocycles. The summed E-state index contributed by atoms with van der Waals surface area (Å²) in [5.74, 6) is 0.648. The minimum Gasteiger partial charge on any atom is -0.295 e. The van der Waals surface area contributed by atoms with Crippen molar-refractivity contribution in [2.75, 3.05) is 11.1 Å². The van der Waals surface area contributed by atoms with Gasteiger partial charge in [-0.25, -0.2) is 4.68 Å². The van der Waals surface area contributed by atoms with Crippen molar-refractivity contribution in [3.05, 3.63) is 41.2 Å². The predicted octanol–water partition coefficient (Wildman–Crippen LogP) is 3.74. The fraction of sp³-hybridized carbons (Fsp3) is 0.353. The lowest BCUT2D eigenvalue weighted by molar-refractivity contribution is 0.102. The van der Waals surface area contributed by atoms with Gasteiger partial charge in [0.05, 0.1) is 11.4 Å². The van der Waals surface area contributed by atoms with Crippen LogP contribution >= 0.6 is 23.1 Å². The lowest BCUT2D eigenvalue weighted by Crippen LogP contribution is -2.14. The molecule has 3 aromatic rings. The van der Waals surface area contributed by atoms with Gasteiger partial charge in [0.25, 0.3) is 5.91 Å². The van der Waals surface area contributed by atoms with Crippen LogP contribution in [0.4, 0.5) is 5.13 Å². The van der Waals surface area contributed by atoms with Crippen LogP contribution in [0.1, 0.15) is 42.0 Å². The molecule has 0 spiro atoms. The third kappa shape index (κ3) is 4.10. The van der Waals surface area contributed by atoms with Gasteiger partial charge in [-0.2, -0.15) is 0 Å². The van der Waals surface area contributed by atoms with Gasteiger partial charge in [0.2, 0.25) is 5.13 Å². The molecular weight excluding hydrogens is 368 g/mol. The maximum atomic E-state index is 12.5. The number of benzene rings is 1. The van der Waals surface area contributed by atoms with Crippen molar-refractivity contribution in [2.45, 2.75) is 38.0 Å². The highest BCUT2D eigenvalue weighted by Crippen LogP contribution is 2.26. The van der Waals surface area contributed by atoms with Gasteiger partial charge in [0.15, 0.2) is 10.0 Å². The number of carbonyl (C=O) groups is 1. The maximum Gasteiger partial charge on any atom is 0.279 e. The zero-order chi connectivity index (χ0) is 18.5. The Morgan fingerprint density at radius 2 is 1.96 bits per heavy atom. The van der Waals surface area contributed by atoms with E-state index in [-0.39, 0.29) is 11.6 Å². The first-order valence-corrected chi connectivity index (χ1v) is 10.2. The van der Waals surface area contributed by atoms with Crippen LogP contribution in [-0.2, 0) is 6.42 Å². The zero-order valence-corrected chi connectivity index (χ0v) is 16.5. The van der Waals surface area contributed by atoms with Crippen molar-refractivity contribution < 1.29 is 4.79 Å². The smallest absolute Gasteiger partial charge is 0.279 e. The quantitative estimate of drug-likeness (QED) is 0.490. The van der Waals surface area contributed by atoms with E-state index in [0.29, 0.717) is 10.8 Å². The van der Waals surface area contributed by atoms with Crippen molar-refractivity contribution in [1.82, 2.24) is 25.2 Å². The molecule has 0 fully saturated rings. The highest BCUT2D eigenvalue weighted by molar-refractivity contribution is 8.01. The SMILES string of the molecule is CCCSc1nnc(NC(=O)c2nnn(-c3ccc(CC)cc3)c2C)s1. The third-order valence-corrected chi connectivity index (χ3v) is 5.93. The molecule has 0 aliphatic heterocycles. The van der Waals surface area contributed by atoms with E-state index in [1.54, 1.807) is 16.4 Å². The number of amides is 1. The number of hydrogen-bond acceptors (Lipinski definition) is 7. The lowest BCUT2D eigenvalue weighted by atomic mass is 10.1. The molecule has 1 N–H and O–H groups in total. The summed E-state index contributed by atoms with van der Waals surface area (Å²) in [6, 6.07) is 8.05. The Kier molecular flexibility index (Phi) is 6.00. The van der Waals surface area contributed by atoms with E-state index in [9.17, 15) is 4.79 Å². The lowest BCUT2D eigenvalue weighted by Gasteiger charge is -2.04. The first kappa shape index (κ1) is 18.5. The molecule has 2 aromatic heterocycles. The summed E-state index contributed by atoms with van der Waals surface area (Å²) >= 11 is 3.00. The average molecular weight is 389 g/mol. The molecule has 1 amide bonds. The molecular formula is C17H20N6OS2. The maximum absolute atomic E-state index is 12.5. The van der Waals surface area contributed by atoms with Crippen LogP contribution in [0, 0.1) is 6.92 Å². The minimum absolute atomic E-state index is 0.280. The van der Waals surface area contributed by atoms with Crippen LogP contribution in [0.3, 0.4) is 0 Å². The number of thioether (sulfide) groups is 1. The number of aromatic nitrogens is 5. The fourth-order valence-corrected chi connectivity index (χ4v) is 3.99. The second kappa shape index (κ2) is 8.41. The number of anilines is 1. The summed E-state index contributed by atoms with van der Waals surface area (Å²) < 4.78 is 2.51. The van der Waals surface area contributed by atoms with Gasteiger partial charge in [-0.05, 0) is 37.5 Å². The summed E-state index contributed by atoms with van der Waals surface area (Å²) in [5, 5.41) is 19.5. The van der Waals surface area contributed by atoms with E-state index in [1.165, 1.54) is 16.9 Å². The fourth-order valence-electron chi connectivity index (χ4n) is 2.32. The summed E-state index contributed by atoms with van der Waals surface area (Å²) in [6.07, 6.45) is 2.04. The molecule has 3 rings (SSSR count). The van der Waals surface area contributed by atoms with Gasteiger partial charge in [-0.15, -0.1) is 15.3 Å². The second-order valence-electron chi connectivity index (χ2n) is 5.63. The molecule has 26 heavy (non-hydrogen) atoms. The minimum atomic E-state index is -0.331. The molecule has 0 saturated heterocycles. The summed E-state index contributed by atoms with van der Waals surface area (Å²) in [4.78, 5) is 12.5. The van der Waals surface area contributed by atoms with Gasteiger partial charge in [0.1, 0.15) is 0 Å². The van der Waals surface area contributed by atoms with Crippen molar-refractivity contribution >= 4 is 34.1 Å². The normalized spacial score (nSPS) is 10.9. The molecule has 0 atom stereocenters. The Bertz CT molecular complexity index is 887. The van der Waals surface area contributed by atoms with E-state index in [2.05, 4.69) is 39.7 Å². The molecule has 136 valence electrons. The Hall–Kier alpha value is -2.26. The first-order chi connectivity index (χ1) is 12.6. The highest BCUT2D eigenvalue weighted by Gasteiger charge is 2.19. The van der Waals surface area contributed by atoms with Crippen LogP contribution < -0.4 is 5.32 Å². The van der Waals surface area contributed by atoms with E-state index in [0.717, 1.165) is 28.6 Å². The van der Waals surface area contributed by atoms with E-state index in [4.69, 9.17) is 0 Å². The van der Waals surface area contributed by atoms with Crippen LogP contribution in [-0.4, -0.2) is 36.9 Å². The summed E-state index contributed by atoms with van der Waals surface area (Å²) in [6.45, 7) is 6.04. The number of carbonyl (C=O) groups excluding carboxylic acids is 1. The number of hydrogen-bond donors (Lipinski definition) is 1. The van der Waals surface area contributed by atoms with Crippen LogP contribution in [0.15, 0.2) is 28.6 Å². The number of nitrogens with one attached hydrogen (secondary N) is 1. The Morgan fingerprint density at radius 1 is 1.19 bits per heavy atom. The van der Waals surface area contributed by atoms with Gasteiger partial charge in [-0.1, -0.05) is 54.3 Å². The average Bonchev–Trinajstić information content (AvgIpc) is 3.26. The number of rotatable bonds is 7. The van der Waals surface area contributed by atoms with Crippen LogP contribution in [0.2, 0.25) is 0 Å². The standard InChI is InChI=1S/C17H20N6OS2/c1-4-10-25-17-21-20-16(26-17)18-15(24)14-11(3)23(22-19-14)13-8-6-12(5-2)7-9-13/h6-9H,4-5,10H2,1-3H3,(H,18,20,24). The second-order valence-corrected chi connectivity index (χ2v) is 7.95. The van der Waals surface area contributed by atoms with Crippen molar-refractivity contribution in [1.29, 1.82) is 0 Å². The van der Waals surface area contributed by atoms with E-state index in [1.807, 2.05) is 31.2 Å². The Morgan fingerprint density at radius 3 is 2.65 bits per heavy atom. The third-order valence-electron chi connectivity index (χ3n) is 3.76. The molecule has 2 heterocycles. The molecule has 9 heteroatoms. The van der Waals surface area contributed by atoms with Crippen molar-refractivity contribution in [3.63, 3.8) is 0 Å². The molecule has 0 aliphatic rings. The van der Waals surface area contributed by atoms with Gasteiger partial charge < -0.3 is 0 Å². The van der Waals surface area contributed by atoms with Gasteiger partial charge in [0, 0.05) is 5.75 Å². The monoisotopic (exact) mass is 388 g/mol. The topological polar surface area (TPSA) is 85.6 Å². The van der Waals surface area contributed by atoms with E-state index >= 15 is 0 Å². The molecule has 0 aliphatic carbocycles. The molecule has 7 nitrogen and oxygen atoms in total. The first-order valence-electron chi connectivity index (χ1n) is 8.41. The zero-order valence-electron chi connectivity index (χ0n) is 14.9. The molecule has 0 unspecified atom stereocenters. The summed E-state index contributed by atoms with van der Waals surface area (Å²) in [5.41, 5.74) is 3.08. The van der Waals surface area contributed by atoms with Crippen molar-refractivity contribution in [2.24, 2.45) is 0 Å².